The van der Waals surface area contributed by atoms with E-state index in [4.69, 9.17) is 4.74 Å². The Kier molecular flexibility index (Phi) is 1.87. The molecule has 2 saturated heterocycles. The summed E-state index contributed by atoms with van der Waals surface area (Å²) in [6, 6.07) is 0. The van der Waals surface area contributed by atoms with Crippen molar-refractivity contribution >= 4 is 0 Å². The van der Waals surface area contributed by atoms with E-state index in [1.165, 1.54) is 0 Å². The molecule has 2 rings (SSSR count). The molecule has 2 bridgehead atoms. The molecule has 2 heterocycles. The highest BCUT2D eigenvalue weighted by Gasteiger charge is 2.37. The molecule has 64 valence electrons. The molecule has 3 nitrogen and oxygen atoms in total. The lowest BCUT2D eigenvalue weighted by atomic mass is 9.88. The lowest BCUT2D eigenvalue weighted by molar-refractivity contribution is -0.182. The highest BCUT2D eigenvalue weighted by atomic mass is 16.5. The van der Waals surface area contributed by atoms with Crippen molar-refractivity contribution in [3.8, 4) is 0 Å². The number of rotatable bonds is 0. The molecule has 2 aliphatic heterocycles. The molecule has 0 aromatic heterocycles. The van der Waals surface area contributed by atoms with E-state index >= 15 is 0 Å². The summed E-state index contributed by atoms with van der Waals surface area (Å²) in [7, 11) is 0. The Morgan fingerprint density at radius 2 is 1.27 bits per heavy atom. The molecule has 0 aromatic rings. The molecule has 0 aromatic carbocycles. The number of ether oxygens (including phenoxy) is 1. The van der Waals surface area contributed by atoms with Gasteiger partial charge in [0.1, 0.15) is 0 Å². The molecule has 0 aliphatic carbocycles. The fraction of sp³-hybridized carbons (Fsp3) is 1.00. The summed E-state index contributed by atoms with van der Waals surface area (Å²) in [6.07, 6.45) is 2.59. The van der Waals surface area contributed by atoms with Gasteiger partial charge in [-0.3, -0.25) is 0 Å². The Hall–Kier alpha value is -0.120. The Morgan fingerprint density at radius 1 is 0.818 bits per heavy atom. The van der Waals surface area contributed by atoms with Crippen molar-refractivity contribution in [2.75, 3.05) is 0 Å². The normalized spacial score (nSPS) is 50.7. The maximum absolute atomic E-state index is 9.40. The summed E-state index contributed by atoms with van der Waals surface area (Å²) in [5.74, 6) is 0. The molecule has 0 amide bonds. The number of fused-ring (bicyclic) bond motifs is 2. The Balaban J connectivity index is 2.02. The van der Waals surface area contributed by atoms with E-state index in [2.05, 4.69) is 0 Å². The average molecular weight is 158 g/mol. The average Bonchev–Trinajstić information content (AvgIpc) is 2.02. The van der Waals surface area contributed by atoms with Gasteiger partial charge >= 0.3 is 0 Å². The Morgan fingerprint density at radius 3 is 1.73 bits per heavy atom. The zero-order valence-electron chi connectivity index (χ0n) is 6.44. The second kappa shape index (κ2) is 2.73. The third kappa shape index (κ3) is 1.28. The van der Waals surface area contributed by atoms with Crippen molar-refractivity contribution in [3.05, 3.63) is 0 Å². The number of hydrogen-bond donors (Lipinski definition) is 2. The first-order valence-electron chi connectivity index (χ1n) is 4.29. The van der Waals surface area contributed by atoms with Crippen molar-refractivity contribution in [1.29, 1.82) is 0 Å². The summed E-state index contributed by atoms with van der Waals surface area (Å²) in [5.41, 5.74) is 0. The van der Waals surface area contributed by atoms with Crippen LogP contribution in [0.4, 0.5) is 0 Å². The minimum absolute atomic E-state index is 0.00264. The largest absolute Gasteiger partial charge is 0.390 e. The van der Waals surface area contributed by atoms with E-state index in [1.54, 1.807) is 0 Å². The predicted molar refractivity (Wildman–Crippen MR) is 39.1 cm³/mol. The van der Waals surface area contributed by atoms with Crippen LogP contribution in [0.5, 0.6) is 0 Å². The molecule has 2 aliphatic rings. The van der Waals surface area contributed by atoms with Crippen LogP contribution in [0.3, 0.4) is 0 Å². The summed E-state index contributed by atoms with van der Waals surface area (Å²) in [5, 5.41) is 18.8. The predicted octanol–water partition coefficient (Wildman–Crippen LogP) is 0.0496. The third-order valence-electron chi connectivity index (χ3n) is 2.70. The molecule has 3 heteroatoms. The Bertz CT molecular complexity index is 132. The highest BCUT2D eigenvalue weighted by molar-refractivity contribution is 4.87. The van der Waals surface area contributed by atoms with Crippen molar-refractivity contribution in [2.24, 2.45) is 0 Å². The molecule has 0 radical (unpaired) electrons. The minimum Gasteiger partial charge on any atom is -0.390 e. The van der Waals surface area contributed by atoms with Crippen LogP contribution in [0, 0.1) is 0 Å². The van der Waals surface area contributed by atoms with Gasteiger partial charge in [0.2, 0.25) is 0 Å². The molecule has 0 saturated carbocycles. The van der Waals surface area contributed by atoms with Crippen LogP contribution in [-0.4, -0.2) is 34.6 Å². The highest BCUT2D eigenvalue weighted by Crippen LogP contribution is 2.30. The topological polar surface area (TPSA) is 49.7 Å². The van der Waals surface area contributed by atoms with E-state index in [0.717, 1.165) is 25.7 Å². The van der Waals surface area contributed by atoms with Crippen LogP contribution in [0.2, 0.25) is 0 Å². The first-order chi connectivity index (χ1) is 5.27. The smallest absolute Gasteiger partial charge is 0.0840 e. The SMILES string of the molecule is O[C@H]1CC[C@@H]2O[C@H]1CC[C@@H]2O. The zero-order chi connectivity index (χ0) is 7.84. The molecule has 11 heavy (non-hydrogen) atoms. The molecule has 0 spiro atoms. The maximum Gasteiger partial charge on any atom is 0.0840 e. The summed E-state index contributed by atoms with van der Waals surface area (Å²) in [6.45, 7) is 0. The Labute approximate surface area is 66.0 Å². The van der Waals surface area contributed by atoms with Gasteiger partial charge in [-0.15, -0.1) is 0 Å². The number of hydrogen-bond acceptors (Lipinski definition) is 3. The van der Waals surface area contributed by atoms with Gasteiger partial charge in [0.05, 0.1) is 24.4 Å². The van der Waals surface area contributed by atoms with Gasteiger partial charge in [0, 0.05) is 0 Å². The summed E-state index contributed by atoms with van der Waals surface area (Å²) in [4.78, 5) is 0. The van der Waals surface area contributed by atoms with Crippen LogP contribution in [0.15, 0.2) is 0 Å². The molecular formula is C8H14O3. The van der Waals surface area contributed by atoms with E-state index in [9.17, 15) is 10.2 Å². The van der Waals surface area contributed by atoms with Crippen LogP contribution in [-0.2, 0) is 4.74 Å². The molecule has 4 atom stereocenters. The quantitative estimate of drug-likeness (QED) is 0.523. The molecule has 0 unspecified atom stereocenters. The molecule has 2 fully saturated rings. The fourth-order valence-corrected chi connectivity index (χ4v) is 1.97. The molecular weight excluding hydrogens is 144 g/mol. The fourth-order valence-electron chi connectivity index (χ4n) is 1.97. The van der Waals surface area contributed by atoms with Crippen molar-refractivity contribution in [1.82, 2.24) is 0 Å². The van der Waals surface area contributed by atoms with Gasteiger partial charge in [0.25, 0.3) is 0 Å². The number of aliphatic hydroxyl groups excluding tert-OH is 2. The van der Waals surface area contributed by atoms with Gasteiger partial charge in [-0.25, -0.2) is 0 Å². The minimum atomic E-state index is -0.293. The maximum atomic E-state index is 9.40. The number of aliphatic hydroxyl groups is 2. The zero-order valence-corrected chi connectivity index (χ0v) is 6.44. The van der Waals surface area contributed by atoms with Crippen LogP contribution in [0.25, 0.3) is 0 Å². The first-order valence-corrected chi connectivity index (χ1v) is 4.29. The van der Waals surface area contributed by atoms with Gasteiger partial charge in [-0.05, 0) is 25.7 Å². The lowest BCUT2D eigenvalue weighted by Crippen LogP contribution is -2.48. The van der Waals surface area contributed by atoms with E-state index in [0.29, 0.717) is 0 Å². The van der Waals surface area contributed by atoms with Crippen LogP contribution in [0.1, 0.15) is 25.7 Å². The van der Waals surface area contributed by atoms with Gasteiger partial charge < -0.3 is 14.9 Å². The van der Waals surface area contributed by atoms with Crippen LogP contribution < -0.4 is 0 Å². The van der Waals surface area contributed by atoms with Gasteiger partial charge in [0.15, 0.2) is 0 Å². The second-order valence-corrected chi connectivity index (χ2v) is 3.50. The second-order valence-electron chi connectivity index (χ2n) is 3.50. The monoisotopic (exact) mass is 158 g/mol. The van der Waals surface area contributed by atoms with Crippen molar-refractivity contribution in [2.45, 2.75) is 50.1 Å². The standard InChI is InChI=1S/C8H14O3/c9-5-1-3-7-6(10)2-4-8(5)11-7/h5-10H,1-4H2/t5-,6-,7-,8-/m0/s1. The van der Waals surface area contributed by atoms with E-state index in [-0.39, 0.29) is 24.4 Å². The van der Waals surface area contributed by atoms with E-state index < -0.39 is 0 Å². The van der Waals surface area contributed by atoms with Gasteiger partial charge in [-0.1, -0.05) is 0 Å². The van der Waals surface area contributed by atoms with E-state index in [1.807, 2.05) is 0 Å². The molecule has 2 N–H and O–H groups in total. The summed E-state index contributed by atoms with van der Waals surface area (Å²) < 4.78 is 5.45. The van der Waals surface area contributed by atoms with Crippen molar-refractivity contribution in [3.63, 3.8) is 0 Å². The first kappa shape index (κ1) is 7.53. The lowest BCUT2D eigenvalue weighted by Gasteiger charge is -2.40. The van der Waals surface area contributed by atoms with Gasteiger partial charge in [-0.2, -0.15) is 0 Å². The van der Waals surface area contributed by atoms with Crippen molar-refractivity contribution < 1.29 is 14.9 Å². The summed E-state index contributed by atoms with van der Waals surface area (Å²) >= 11 is 0. The third-order valence-corrected chi connectivity index (χ3v) is 2.70. The van der Waals surface area contributed by atoms with Crippen LogP contribution >= 0.6 is 0 Å².